The predicted molar refractivity (Wildman–Crippen MR) is 86.5 cm³/mol. The second-order valence-corrected chi connectivity index (χ2v) is 6.27. The Morgan fingerprint density at radius 3 is 2.83 bits per heavy atom. The predicted octanol–water partition coefficient (Wildman–Crippen LogP) is 4.09. The van der Waals surface area contributed by atoms with Gasteiger partial charge in [0.1, 0.15) is 5.75 Å². The Hall–Kier alpha value is -1.63. The summed E-state index contributed by atoms with van der Waals surface area (Å²) in [5, 5.41) is 3.18. The van der Waals surface area contributed by atoms with Gasteiger partial charge in [-0.05, 0) is 44.4 Å². The van der Waals surface area contributed by atoms with Gasteiger partial charge in [-0.15, -0.1) is 0 Å². The number of ether oxygens (including phenoxy) is 1. The van der Waals surface area contributed by atoms with E-state index in [9.17, 15) is 18.0 Å². The maximum atomic E-state index is 12.3. The summed E-state index contributed by atoms with van der Waals surface area (Å²) in [7, 11) is 0. The molecule has 1 aromatic rings. The molecule has 0 spiro atoms. The molecule has 0 radical (unpaired) electrons. The summed E-state index contributed by atoms with van der Waals surface area (Å²) in [4.78, 5) is 14.1. The van der Waals surface area contributed by atoms with E-state index in [1.165, 1.54) is 18.2 Å². The minimum Gasteiger partial charge on any atom is -0.482 e. The first-order valence-electron chi connectivity index (χ1n) is 7.79. The molecular weight excluding hydrogens is 345 g/mol. The van der Waals surface area contributed by atoms with E-state index in [2.05, 4.69) is 5.32 Å². The minimum absolute atomic E-state index is 0.0104. The number of nitrogens with zero attached hydrogens (tertiary/aromatic N) is 1. The summed E-state index contributed by atoms with van der Waals surface area (Å²) in [5.41, 5.74) is 0.268. The zero-order valence-corrected chi connectivity index (χ0v) is 14.1. The monoisotopic (exact) mass is 364 g/mol. The highest BCUT2D eigenvalue weighted by Crippen LogP contribution is 2.29. The highest BCUT2D eigenvalue weighted by Gasteiger charge is 2.29. The van der Waals surface area contributed by atoms with Crippen molar-refractivity contribution >= 4 is 23.2 Å². The lowest BCUT2D eigenvalue weighted by molar-refractivity contribution is -0.153. The van der Waals surface area contributed by atoms with Crippen molar-refractivity contribution in [2.75, 3.05) is 25.0 Å². The summed E-state index contributed by atoms with van der Waals surface area (Å²) < 4.78 is 41.7. The number of alkyl halides is 3. The van der Waals surface area contributed by atoms with Gasteiger partial charge in [0.25, 0.3) is 0 Å². The second-order valence-electron chi connectivity index (χ2n) is 5.83. The normalized spacial score (nSPS) is 18.4. The van der Waals surface area contributed by atoms with E-state index in [-0.39, 0.29) is 29.9 Å². The number of hydrogen-bond donors (Lipinski definition) is 1. The Bertz CT molecular complexity index is 581. The molecule has 1 saturated heterocycles. The fraction of sp³-hybridized carbons (Fsp3) is 0.562. The molecular formula is C16H20ClF3N2O2. The quantitative estimate of drug-likeness (QED) is 0.855. The van der Waals surface area contributed by atoms with Crippen LogP contribution in [-0.4, -0.2) is 42.7 Å². The largest absolute Gasteiger partial charge is 0.482 e. The highest BCUT2D eigenvalue weighted by atomic mass is 35.5. The Kier molecular flexibility index (Phi) is 6.21. The molecule has 1 amide bonds. The van der Waals surface area contributed by atoms with Crippen LogP contribution in [0.4, 0.5) is 18.9 Å². The third kappa shape index (κ3) is 5.47. The maximum absolute atomic E-state index is 12.3. The number of piperidine rings is 1. The number of anilines is 1. The molecule has 1 aromatic carbocycles. The van der Waals surface area contributed by atoms with Gasteiger partial charge >= 0.3 is 6.18 Å². The molecule has 1 heterocycles. The smallest absolute Gasteiger partial charge is 0.422 e. The van der Waals surface area contributed by atoms with Crippen molar-refractivity contribution < 1.29 is 22.7 Å². The van der Waals surface area contributed by atoms with Gasteiger partial charge in [-0.1, -0.05) is 11.6 Å². The molecule has 1 aliphatic rings. The van der Waals surface area contributed by atoms with E-state index in [0.717, 1.165) is 19.3 Å². The van der Waals surface area contributed by atoms with E-state index in [1.807, 2.05) is 6.92 Å². The van der Waals surface area contributed by atoms with Gasteiger partial charge < -0.3 is 15.0 Å². The number of carbonyl (C=O) groups excluding carboxylic acids is 1. The molecule has 0 bridgehead atoms. The summed E-state index contributed by atoms with van der Waals surface area (Å²) in [6.45, 7) is 1.27. The van der Waals surface area contributed by atoms with Crippen molar-refractivity contribution in [1.82, 2.24) is 4.90 Å². The van der Waals surface area contributed by atoms with E-state index in [0.29, 0.717) is 11.6 Å². The first-order chi connectivity index (χ1) is 11.3. The van der Waals surface area contributed by atoms with Crippen molar-refractivity contribution in [2.45, 2.75) is 38.4 Å². The standard InChI is InChI=1S/C16H20ClF3N2O2/c1-11-4-2-3-7-22(11)15(23)9-21-13-8-12(17)5-6-14(13)24-10-16(18,19)20/h5-6,8,11,21H,2-4,7,9-10H2,1H3. The number of amides is 1. The third-order valence-corrected chi connectivity index (χ3v) is 4.12. The number of carbonyl (C=O) groups is 1. The molecule has 134 valence electrons. The fourth-order valence-electron chi connectivity index (χ4n) is 2.67. The van der Waals surface area contributed by atoms with Gasteiger partial charge in [0.15, 0.2) is 6.61 Å². The Morgan fingerprint density at radius 2 is 2.17 bits per heavy atom. The SMILES string of the molecule is CC1CCCCN1C(=O)CNc1cc(Cl)ccc1OCC(F)(F)F. The molecule has 1 N–H and O–H groups in total. The lowest BCUT2D eigenvalue weighted by atomic mass is 10.0. The number of benzene rings is 1. The molecule has 4 nitrogen and oxygen atoms in total. The van der Waals surface area contributed by atoms with E-state index >= 15 is 0 Å². The lowest BCUT2D eigenvalue weighted by Gasteiger charge is -2.33. The van der Waals surface area contributed by atoms with E-state index in [1.54, 1.807) is 4.90 Å². The van der Waals surface area contributed by atoms with Crippen LogP contribution < -0.4 is 10.1 Å². The van der Waals surface area contributed by atoms with Crippen LogP contribution in [0.1, 0.15) is 26.2 Å². The van der Waals surface area contributed by atoms with Crippen molar-refractivity contribution in [3.05, 3.63) is 23.2 Å². The van der Waals surface area contributed by atoms with Crippen molar-refractivity contribution in [2.24, 2.45) is 0 Å². The number of nitrogens with one attached hydrogen (secondary N) is 1. The van der Waals surface area contributed by atoms with Crippen LogP contribution >= 0.6 is 11.6 Å². The first-order valence-corrected chi connectivity index (χ1v) is 8.16. The molecule has 1 atom stereocenters. The zero-order valence-electron chi connectivity index (χ0n) is 13.3. The van der Waals surface area contributed by atoms with Crippen LogP contribution in [0.5, 0.6) is 5.75 Å². The Morgan fingerprint density at radius 1 is 1.42 bits per heavy atom. The summed E-state index contributed by atoms with van der Waals surface area (Å²) >= 11 is 5.88. The van der Waals surface area contributed by atoms with Crippen LogP contribution in [-0.2, 0) is 4.79 Å². The van der Waals surface area contributed by atoms with Gasteiger partial charge in [-0.3, -0.25) is 4.79 Å². The lowest BCUT2D eigenvalue weighted by Crippen LogP contribution is -2.44. The molecule has 2 rings (SSSR count). The fourth-order valence-corrected chi connectivity index (χ4v) is 2.84. The molecule has 1 aliphatic heterocycles. The highest BCUT2D eigenvalue weighted by molar-refractivity contribution is 6.30. The summed E-state index contributed by atoms with van der Waals surface area (Å²) in [5.74, 6) is -0.0832. The topological polar surface area (TPSA) is 41.6 Å². The van der Waals surface area contributed by atoms with Crippen LogP contribution in [0.3, 0.4) is 0 Å². The third-order valence-electron chi connectivity index (χ3n) is 3.89. The summed E-state index contributed by atoms with van der Waals surface area (Å²) in [6.07, 6.45) is -1.41. The van der Waals surface area contributed by atoms with Gasteiger partial charge in [0, 0.05) is 17.6 Å². The first kappa shape index (κ1) is 18.7. The summed E-state index contributed by atoms with van der Waals surface area (Å²) in [6, 6.07) is 4.41. The number of halogens is 4. The number of hydrogen-bond acceptors (Lipinski definition) is 3. The van der Waals surface area contributed by atoms with Crippen LogP contribution in [0, 0.1) is 0 Å². The molecule has 0 aromatic heterocycles. The van der Waals surface area contributed by atoms with E-state index < -0.39 is 12.8 Å². The molecule has 0 aliphatic carbocycles. The van der Waals surface area contributed by atoms with Crippen LogP contribution in [0.15, 0.2) is 18.2 Å². The number of rotatable bonds is 5. The van der Waals surface area contributed by atoms with Gasteiger partial charge in [0.05, 0.1) is 12.2 Å². The Labute approximate surface area is 143 Å². The second kappa shape index (κ2) is 7.96. The van der Waals surface area contributed by atoms with Gasteiger partial charge in [0.2, 0.25) is 5.91 Å². The van der Waals surface area contributed by atoms with Gasteiger partial charge in [-0.2, -0.15) is 13.2 Å². The number of likely N-dealkylation sites (tertiary alicyclic amines) is 1. The zero-order chi connectivity index (χ0) is 17.7. The Balaban J connectivity index is 2.00. The molecule has 8 heteroatoms. The van der Waals surface area contributed by atoms with Crippen LogP contribution in [0.25, 0.3) is 0 Å². The van der Waals surface area contributed by atoms with E-state index in [4.69, 9.17) is 16.3 Å². The van der Waals surface area contributed by atoms with Gasteiger partial charge in [-0.25, -0.2) is 0 Å². The minimum atomic E-state index is -4.43. The molecule has 0 saturated carbocycles. The van der Waals surface area contributed by atoms with Crippen molar-refractivity contribution in [3.63, 3.8) is 0 Å². The molecule has 1 unspecified atom stereocenters. The maximum Gasteiger partial charge on any atom is 0.422 e. The van der Waals surface area contributed by atoms with Crippen molar-refractivity contribution in [1.29, 1.82) is 0 Å². The van der Waals surface area contributed by atoms with Crippen molar-refractivity contribution in [3.8, 4) is 5.75 Å². The average molecular weight is 365 g/mol. The molecule has 1 fully saturated rings. The average Bonchev–Trinajstić information content (AvgIpc) is 2.51. The van der Waals surface area contributed by atoms with Crippen LogP contribution in [0.2, 0.25) is 5.02 Å². The molecule has 24 heavy (non-hydrogen) atoms.